The zero-order valence-corrected chi connectivity index (χ0v) is 18.4. The quantitative estimate of drug-likeness (QED) is 0.389. The number of nitrogens with one attached hydrogen (secondary N) is 2. The number of methoxy groups -OCH3 is 2. The minimum absolute atomic E-state index is 0.000598. The molecule has 2 aromatic rings. The van der Waals surface area contributed by atoms with Crippen LogP contribution in [0.4, 0.5) is 0 Å². The zero-order chi connectivity index (χ0) is 22.7. The van der Waals surface area contributed by atoms with Gasteiger partial charge in [0.1, 0.15) is 5.75 Å². The monoisotopic (exact) mass is 452 g/mol. The van der Waals surface area contributed by atoms with E-state index >= 15 is 0 Å². The molecular formula is C21H28N2O7S. The minimum atomic E-state index is -3.69. The number of carbonyl (C=O) groups excluding carboxylic acids is 1. The highest BCUT2D eigenvalue weighted by Crippen LogP contribution is 2.27. The van der Waals surface area contributed by atoms with Gasteiger partial charge in [0.05, 0.1) is 19.1 Å². The Bertz CT molecular complexity index is 947. The summed E-state index contributed by atoms with van der Waals surface area (Å²) in [5, 5.41) is 11.3. The van der Waals surface area contributed by atoms with E-state index in [0.717, 1.165) is 5.56 Å². The molecule has 0 saturated heterocycles. The van der Waals surface area contributed by atoms with Gasteiger partial charge < -0.3 is 24.6 Å². The molecule has 0 atom stereocenters. The van der Waals surface area contributed by atoms with Crippen molar-refractivity contribution in [1.82, 2.24) is 10.0 Å². The molecule has 0 spiro atoms. The molecule has 0 aromatic heterocycles. The number of benzene rings is 2. The molecule has 0 aliphatic rings. The van der Waals surface area contributed by atoms with Gasteiger partial charge in [0.25, 0.3) is 5.91 Å². The second kappa shape index (κ2) is 12.1. The van der Waals surface area contributed by atoms with Crippen LogP contribution in [0, 0.1) is 0 Å². The summed E-state index contributed by atoms with van der Waals surface area (Å²) < 4.78 is 43.3. The lowest BCUT2D eigenvalue weighted by atomic mass is 10.1. The van der Waals surface area contributed by atoms with Gasteiger partial charge in [0.2, 0.25) is 10.0 Å². The number of ether oxygens (including phenoxy) is 3. The molecule has 0 heterocycles. The van der Waals surface area contributed by atoms with E-state index in [4.69, 9.17) is 19.3 Å². The third-order valence-corrected chi connectivity index (χ3v) is 5.79. The molecule has 9 nitrogen and oxygen atoms in total. The van der Waals surface area contributed by atoms with E-state index in [1.54, 1.807) is 26.4 Å². The van der Waals surface area contributed by atoms with E-state index in [1.807, 2.05) is 6.07 Å². The Morgan fingerprint density at radius 1 is 1.00 bits per heavy atom. The van der Waals surface area contributed by atoms with Crippen LogP contribution in [0.2, 0.25) is 0 Å². The van der Waals surface area contributed by atoms with Crippen LogP contribution in [0.25, 0.3) is 0 Å². The molecule has 3 N–H and O–H groups in total. The van der Waals surface area contributed by atoms with Crippen LogP contribution in [0.5, 0.6) is 17.2 Å². The fourth-order valence-corrected chi connectivity index (χ4v) is 3.70. The van der Waals surface area contributed by atoms with Crippen molar-refractivity contribution in [2.75, 3.05) is 40.5 Å². The SMILES string of the molecule is COc1ccc(CCNS(=O)(=O)c2ccc(OCC(=O)NCCCO)cc2)cc1OC. The largest absolute Gasteiger partial charge is 0.493 e. The maximum atomic E-state index is 12.5. The topological polar surface area (TPSA) is 123 Å². The van der Waals surface area contributed by atoms with Crippen molar-refractivity contribution < 1.29 is 32.5 Å². The number of hydrogen-bond acceptors (Lipinski definition) is 7. The maximum Gasteiger partial charge on any atom is 0.257 e. The first-order valence-electron chi connectivity index (χ1n) is 9.70. The van der Waals surface area contributed by atoms with Crippen LogP contribution in [0.3, 0.4) is 0 Å². The van der Waals surface area contributed by atoms with E-state index in [-0.39, 0.29) is 30.6 Å². The third-order valence-electron chi connectivity index (χ3n) is 4.31. The number of amides is 1. The molecule has 170 valence electrons. The van der Waals surface area contributed by atoms with Crippen LogP contribution in [-0.2, 0) is 21.2 Å². The Hall–Kier alpha value is -2.82. The van der Waals surface area contributed by atoms with E-state index in [0.29, 0.717) is 36.6 Å². The lowest BCUT2D eigenvalue weighted by molar-refractivity contribution is -0.123. The average Bonchev–Trinajstić information content (AvgIpc) is 2.78. The second-order valence-electron chi connectivity index (χ2n) is 6.52. The summed E-state index contributed by atoms with van der Waals surface area (Å²) in [5.41, 5.74) is 0.904. The summed E-state index contributed by atoms with van der Waals surface area (Å²) in [7, 11) is -0.592. The first kappa shape index (κ1) is 24.4. The predicted octanol–water partition coefficient (Wildman–Crippen LogP) is 1.10. The van der Waals surface area contributed by atoms with Gasteiger partial charge in [-0.2, -0.15) is 0 Å². The third kappa shape index (κ3) is 7.74. The molecule has 0 aliphatic carbocycles. The summed E-state index contributed by atoms with van der Waals surface area (Å²) in [6, 6.07) is 11.2. The van der Waals surface area contributed by atoms with Gasteiger partial charge >= 0.3 is 0 Å². The number of aliphatic hydroxyl groups excluding tert-OH is 1. The Labute approximate surface area is 182 Å². The number of aliphatic hydroxyl groups is 1. The summed E-state index contributed by atoms with van der Waals surface area (Å²) in [6.07, 6.45) is 0.948. The summed E-state index contributed by atoms with van der Waals surface area (Å²) in [6.45, 7) is 0.384. The molecule has 31 heavy (non-hydrogen) atoms. The highest BCUT2D eigenvalue weighted by Gasteiger charge is 2.14. The van der Waals surface area contributed by atoms with Crippen LogP contribution >= 0.6 is 0 Å². The first-order chi connectivity index (χ1) is 14.9. The maximum absolute atomic E-state index is 12.5. The number of rotatable bonds is 13. The number of hydrogen-bond donors (Lipinski definition) is 3. The van der Waals surface area contributed by atoms with Crippen LogP contribution in [0.15, 0.2) is 47.4 Å². The molecular weight excluding hydrogens is 424 g/mol. The highest BCUT2D eigenvalue weighted by molar-refractivity contribution is 7.89. The van der Waals surface area contributed by atoms with Crippen molar-refractivity contribution in [2.24, 2.45) is 0 Å². The van der Waals surface area contributed by atoms with Gasteiger partial charge in [-0.1, -0.05) is 6.07 Å². The Balaban J connectivity index is 1.86. The van der Waals surface area contributed by atoms with Gasteiger partial charge in [-0.15, -0.1) is 0 Å². The van der Waals surface area contributed by atoms with Crippen molar-refractivity contribution in [3.63, 3.8) is 0 Å². The molecule has 0 radical (unpaired) electrons. The van der Waals surface area contributed by atoms with E-state index < -0.39 is 10.0 Å². The molecule has 0 unspecified atom stereocenters. The average molecular weight is 453 g/mol. The van der Waals surface area contributed by atoms with Crippen LogP contribution < -0.4 is 24.2 Å². The summed E-state index contributed by atoms with van der Waals surface area (Å²) in [4.78, 5) is 11.7. The van der Waals surface area contributed by atoms with Gasteiger partial charge in [0.15, 0.2) is 18.1 Å². The lowest BCUT2D eigenvalue weighted by Gasteiger charge is -2.11. The number of carbonyl (C=O) groups is 1. The van der Waals surface area contributed by atoms with Crippen LogP contribution in [-0.4, -0.2) is 60.0 Å². The summed E-state index contributed by atoms with van der Waals surface area (Å²) >= 11 is 0. The van der Waals surface area contributed by atoms with Crippen molar-refractivity contribution >= 4 is 15.9 Å². The number of sulfonamides is 1. The molecule has 2 rings (SSSR count). The molecule has 0 bridgehead atoms. The zero-order valence-electron chi connectivity index (χ0n) is 17.6. The fraction of sp³-hybridized carbons (Fsp3) is 0.381. The molecule has 2 aromatic carbocycles. The lowest BCUT2D eigenvalue weighted by Crippen LogP contribution is -2.30. The van der Waals surface area contributed by atoms with Crippen molar-refractivity contribution in [2.45, 2.75) is 17.7 Å². The first-order valence-corrected chi connectivity index (χ1v) is 11.2. The van der Waals surface area contributed by atoms with Crippen LogP contribution in [0.1, 0.15) is 12.0 Å². The van der Waals surface area contributed by atoms with Gasteiger partial charge in [-0.25, -0.2) is 13.1 Å². The molecule has 1 amide bonds. The Morgan fingerprint density at radius 2 is 1.71 bits per heavy atom. The normalized spacial score (nSPS) is 11.1. The molecule has 10 heteroatoms. The van der Waals surface area contributed by atoms with E-state index in [9.17, 15) is 13.2 Å². The Morgan fingerprint density at radius 3 is 2.35 bits per heavy atom. The predicted molar refractivity (Wildman–Crippen MR) is 115 cm³/mol. The minimum Gasteiger partial charge on any atom is -0.493 e. The van der Waals surface area contributed by atoms with Gasteiger partial charge in [-0.3, -0.25) is 4.79 Å². The second-order valence-corrected chi connectivity index (χ2v) is 8.29. The van der Waals surface area contributed by atoms with Crippen molar-refractivity contribution in [3.8, 4) is 17.2 Å². The fourth-order valence-electron chi connectivity index (χ4n) is 2.67. The standard InChI is InChI=1S/C21H28N2O7S/c1-28-19-9-4-16(14-20(19)29-2)10-12-23-31(26,27)18-7-5-17(6-8-18)30-15-21(25)22-11-3-13-24/h4-9,14,23-24H,3,10-13,15H2,1-2H3,(H,22,25). The van der Waals surface area contributed by atoms with E-state index in [2.05, 4.69) is 10.0 Å². The molecule has 0 fully saturated rings. The van der Waals surface area contributed by atoms with E-state index in [1.165, 1.54) is 24.3 Å². The Kier molecular flexibility index (Phi) is 9.57. The summed E-state index contributed by atoms with van der Waals surface area (Å²) in [5.74, 6) is 1.25. The van der Waals surface area contributed by atoms with Crippen molar-refractivity contribution in [3.05, 3.63) is 48.0 Å². The smallest absolute Gasteiger partial charge is 0.257 e. The van der Waals surface area contributed by atoms with Gasteiger partial charge in [0, 0.05) is 19.7 Å². The van der Waals surface area contributed by atoms with Gasteiger partial charge in [-0.05, 0) is 54.8 Å². The van der Waals surface area contributed by atoms with Crippen molar-refractivity contribution in [1.29, 1.82) is 0 Å². The molecule has 0 aliphatic heterocycles. The molecule has 0 saturated carbocycles. The highest BCUT2D eigenvalue weighted by atomic mass is 32.2.